The Morgan fingerprint density at radius 2 is 2.38 bits per heavy atom. The van der Waals surface area contributed by atoms with Crippen LogP contribution in [0.5, 0.6) is 0 Å². The van der Waals surface area contributed by atoms with E-state index in [9.17, 15) is 9.90 Å². The summed E-state index contributed by atoms with van der Waals surface area (Å²) in [6, 6.07) is 7.03. The second-order valence-corrected chi connectivity index (χ2v) is 6.33. The largest absolute Gasteiger partial charge is 0.378 e. The number of carbonyl (C=O) groups excluding carboxylic acids is 1. The average Bonchev–Trinajstić information content (AvgIpc) is 3.08. The molecule has 3 N–H and O–H groups in total. The van der Waals surface area contributed by atoms with Crippen LogP contribution in [0.1, 0.15) is 41.9 Å². The summed E-state index contributed by atoms with van der Waals surface area (Å²) < 4.78 is 0. The van der Waals surface area contributed by atoms with Crippen molar-refractivity contribution < 1.29 is 9.90 Å². The predicted molar refractivity (Wildman–Crippen MR) is 89.4 cm³/mol. The normalized spacial score (nSPS) is 23.2. The van der Waals surface area contributed by atoms with E-state index in [1.54, 1.807) is 12.1 Å². The van der Waals surface area contributed by atoms with Crippen molar-refractivity contribution in [1.82, 2.24) is 20.5 Å². The zero-order valence-corrected chi connectivity index (χ0v) is 13.7. The first-order valence-corrected chi connectivity index (χ1v) is 8.10. The fraction of sp³-hybridized carbons (Fsp3) is 0.353. The first-order chi connectivity index (χ1) is 11.5. The molecule has 0 radical (unpaired) electrons. The van der Waals surface area contributed by atoms with Gasteiger partial charge in [-0.2, -0.15) is 0 Å². The third-order valence-electron chi connectivity index (χ3n) is 3.96. The predicted octanol–water partition coefficient (Wildman–Crippen LogP) is 1.91. The molecule has 1 amide bonds. The van der Waals surface area contributed by atoms with Crippen LogP contribution < -0.4 is 5.32 Å². The van der Waals surface area contributed by atoms with Crippen LogP contribution in [-0.2, 0) is 0 Å². The van der Waals surface area contributed by atoms with Crippen molar-refractivity contribution in [2.45, 2.75) is 37.3 Å². The molecule has 0 spiro atoms. The van der Waals surface area contributed by atoms with Gasteiger partial charge in [0.2, 0.25) is 5.82 Å². The lowest BCUT2D eigenvalue weighted by Gasteiger charge is -2.33. The molecule has 0 unspecified atom stereocenters. The van der Waals surface area contributed by atoms with Gasteiger partial charge in [-0.1, -0.05) is 29.5 Å². The Morgan fingerprint density at radius 3 is 3.12 bits per heavy atom. The molecule has 24 heavy (non-hydrogen) atoms. The van der Waals surface area contributed by atoms with E-state index in [0.717, 1.165) is 18.4 Å². The summed E-state index contributed by atoms with van der Waals surface area (Å²) >= 11 is 5.94. The first kappa shape index (κ1) is 16.5. The molecule has 0 bridgehead atoms. The molecule has 1 aliphatic carbocycles. The molecular weight excluding hydrogens is 328 g/mol. The Hall–Kier alpha value is -2.36. The first-order valence-electron chi connectivity index (χ1n) is 7.72. The van der Waals surface area contributed by atoms with Gasteiger partial charge < -0.3 is 15.4 Å². The molecule has 0 aliphatic heterocycles. The number of H-pyrrole nitrogens is 1. The minimum atomic E-state index is -1.13. The van der Waals surface area contributed by atoms with Crippen molar-refractivity contribution in [2.24, 2.45) is 0 Å². The van der Waals surface area contributed by atoms with Gasteiger partial charge in [0, 0.05) is 23.0 Å². The van der Waals surface area contributed by atoms with Crippen LogP contribution in [0.4, 0.5) is 0 Å². The summed E-state index contributed by atoms with van der Waals surface area (Å²) in [4.78, 5) is 14.7. The summed E-state index contributed by atoms with van der Waals surface area (Å²) in [6.45, 7) is 0. The number of aliphatic hydroxyl groups is 1. The molecule has 1 heterocycles. The molecule has 6 nitrogen and oxygen atoms in total. The monoisotopic (exact) mass is 344 g/mol. The maximum atomic E-state index is 12.0. The van der Waals surface area contributed by atoms with Gasteiger partial charge in [0.25, 0.3) is 5.91 Å². The van der Waals surface area contributed by atoms with Gasteiger partial charge in [0.1, 0.15) is 11.9 Å². The number of rotatable bonds is 2. The number of hydrogen-bond acceptors (Lipinski definition) is 4. The summed E-state index contributed by atoms with van der Waals surface area (Å²) in [5.74, 6) is 5.74. The van der Waals surface area contributed by atoms with Crippen LogP contribution in [0.25, 0.3) is 0 Å². The SMILES string of the molecule is O=C(N[C@H]1CCC[C@@](O)(C#Cc2cccc(Cl)c2)C1)c1nnc[nH]1. The van der Waals surface area contributed by atoms with Crippen LogP contribution in [-0.4, -0.2) is 37.8 Å². The summed E-state index contributed by atoms with van der Waals surface area (Å²) in [5, 5.41) is 21.5. The Morgan fingerprint density at radius 1 is 1.50 bits per heavy atom. The Balaban J connectivity index is 1.67. The van der Waals surface area contributed by atoms with Gasteiger partial charge in [0.15, 0.2) is 0 Å². The lowest BCUT2D eigenvalue weighted by molar-refractivity contribution is 0.0451. The van der Waals surface area contributed by atoms with E-state index < -0.39 is 5.60 Å². The summed E-state index contributed by atoms with van der Waals surface area (Å²) in [5.41, 5.74) is -0.372. The highest BCUT2D eigenvalue weighted by Crippen LogP contribution is 2.28. The molecule has 0 saturated heterocycles. The van der Waals surface area contributed by atoms with Crippen molar-refractivity contribution in [3.63, 3.8) is 0 Å². The van der Waals surface area contributed by atoms with Crippen molar-refractivity contribution >= 4 is 17.5 Å². The number of halogens is 1. The number of aromatic amines is 1. The van der Waals surface area contributed by atoms with Crippen LogP contribution >= 0.6 is 11.6 Å². The van der Waals surface area contributed by atoms with Gasteiger partial charge in [-0.3, -0.25) is 4.79 Å². The quantitative estimate of drug-likeness (QED) is 0.726. The second kappa shape index (κ2) is 7.04. The molecule has 1 fully saturated rings. The fourth-order valence-electron chi connectivity index (χ4n) is 2.81. The number of amides is 1. The Labute approximate surface area is 144 Å². The maximum absolute atomic E-state index is 12.0. The van der Waals surface area contributed by atoms with E-state index in [1.165, 1.54) is 6.33 Å². The van der Waals surface area contributed by atoms with Crippen molar-refractivity contribution in [3.05, 3.63) is 47.0 Å². The molecule has 124 valence electrons. The number of nitrogens with one attached hydrogen (secondary N) is 2. The second-order valence-electron chi connectivity index (χ2n) is 5.90. The zero-order chi connectivity index (χ0) is 17.0. The van der Waals surface area contributed by atoms with Gasteiger partial charge in [-0.15, -0.1) is 10.2 Å². The molecule has 1 aromatic heterocycles. The van der Waals surface area contributed by atoms with Crippen LogP contribution in [0, 0.1) is 11.8 Å². The van der Waals surface area contributed by atoms with Crippen molar-refractivity contribution in [2.75, 3.05) is 0 Å². The number of benzene rings is 1. The maximum Gasteiger partial charge on any atom is 0.289 e. The van der Waals surface area contributed by atoms with E-state index >= 15 is 0 Å². The molecule has 1 aromatic carbocycles. The molecule has 2 aromatic rings. The number of aromatic nitrogens is 3. The highest BCUT2D eigenvalue weighted by atomic mass is 35.5. The standard InChI is InChI=1S/C17H17ClN4O2/c18-13-4-1-3-12(9-13)6-8-17(24)7-2-5-14(10-17)21-16(23)15-19-11-20-22-15/h1,3-4,9,11,14,24H,2,5,7,10H2,(H,21,23)(H,19,20,22)/t14-,17+/m0/s1. The number of hydrogen-bond donors (Lipinski definition) is 3. The highest BCUT2D eigenvalue weighted by Gasteiger charge is 2.33. The number of nitrogens with zero attached hydrogens (tertiary/aromatic N) is 2. The zero-order valence-electron chi connectivity index (χ0n) is 12.9. The van der Waals surface area contributed by atoms with E-state index in [0.29, 0.717) is 17.9 Å². The number of carbonyl (C=O) groups is 1. The van der Waals surface area contributed by atoms with Crippen LogP contribution in [0.15, 0.2) is 30.6 Å². The Bertz CT molecular complexity index is 781. The average molecular weight is 345 g/mol. The highest BCUT2D eigenvalue weighted by molar-refractivity contribution is 6.30. The van der Waals surface area contributed by atoms with E-state index in [1.807, 2.05) is 12.1 Å². The van der Waals surface area contributed by atoms with Crippen molar-refractivity contribution in [1.29, 1.82) is 0 Å². The molecule has 3 rings (SSSR count). The third kappa shape index (κ3) is 4.13. The smallest absolute Gasteiger partial charge is 0.289 e. The van der Waals surface area contributed by atoms with Gasteiger partial charge in [0.05, 0.1) is 0 Å². The van der Waals surface area contributed by atoms with Crippen molar-refractivity contribution in [3.8, 4) is 11.8 Å². The third-order valence-corrected chi connectivity index (χ3v) is 4.19. The van der Waals surface area contributed by atoms with Gasteiger partial charge in [-0.05, 0) is 37.5 Å². The van der Waals surface area contributed by atoms with Gasteiger partial charge in [-0.25, -0.2) is 0 Å². The lowest BCUT2D eigenvalue weighted by Crippen LogP contribution is -2.45. The molecule has 2 atom stereocenters. The van der Waals surface area contributed by atoms with E-state index in [4.69, 9.17) is 11.6 Å². The minimum absolute atomic E-state index is 0.157. The van der Waals surface area contributed by atoms with Crippen LogP contribution in [0.2, 0.25) is 5.02 Å². The molecular formula is C17H17ClN4O2. The van der Waals surface area contributed by atoms with E-state index in [2.05, 4.69) is 32.3 Å². The Kier molecular flexibility index (Phi) is 4.84. The topological polar surface area (TPSA) is 90.9 Å². The van der Waals surface area contributed by atoms with E-state index in [-0.39, 0.29) is 17.8 Å². The lowest BCUT2D eigenvalue weighted by atomic mass is 9.82. The summed E-state index contributed by atoms with van der Waals surface area (Å²) in [6.07, 6.45) is 3.88. The molecule has 1 saturated carbocycles. The fourth-order valence-corrected chi connectivity index (χ4v) is 3.00. The van der Waals surface area contributed by atoms with Crippen LogP contribution in [0.3, 0.4) is 0 Å². The van der Waals surface area contributed by atoms with Gasteiger partial charge >= 0.3 is 0 Å². The minimum Gasteiger partial charge on any atom is -0.378 e. The molecule has 1 aliphatic rings. The molecule has 7 heteroatoms. The summed E-state index contributed by atoms with van der Waals surface area (Å²) in [7, 11) is 0.